The maximum absolute atomic E-state index is 8.74. The highest BCUT2D eigenvalue weighted by Gasteiger charge is 2.23. The molecular formula is C13H18Cl2N2O2. The Labute approximate surface area is 123 Å². The Hall–Kier alpha value is -0.680. The summed E-state index contributed by atoms with van der Waals surface area (Å²) in [6, 6.07) is 3.44. The average molecular weight is 305 g/mol. The minimum atomic E-state index is 0.0653. The van der Waals surface area contributed by atoms with Crippen molar-refractivity contribution in [2.45, 2.75) is 18.9 Å². The Morgan fingerprint density at radius 3 is 2.37 bits per heavy atom. The van der Waals surface area contributed by atoms with Crippen LogP contribution in [0.4, 0.5) is 11.4 Å². The molecule has 1 aliphatic rings. The molecule has 3 N–H and O–H groups in total. The minimum Gasteiger partial charge on any atom is -0.399 e. The van der Waals surface area contributed by atoms with Gasteiger partial charge in [0.2, 0.25) is 0 Å². The predicted octanol–water partition coefficient (Wildman–Crippen LogP) is 2.55. The van der Waals surface area contributed by atoms with Crippen LogP contribution < -0.4 is 10.6 Å². The Kier molecular flexibility index (Phi) is 5.16. The van der Waals surface area contributed by atoms with Crippen LogP contribution in [0.2, 0.25) is 10.0 Å². The first kappa shape index (κ1) is 14.7. The molecular weight excluding hydrogens is 287 g/mol. The first-order valence-electron chi connectivity index (χ1n) is 6.33. The lowest BCUT2D eigenvalue weighted by Gasteiger charge is -2.34. The van der Waals surface area contributed by atoms with Crippen LogP contribution in [0.15, 0.2) is 12.1 Å². The van der Waals surface area contributed by atoms with E-state index in [0.29, 0.717) is 22.3 Å². The van der Waals surface area contributed by atoms with Crippen molar-refractivity contribution in [2.75, 3.05) is 36.9 Å². The second kappa shape index (κ2) is 6.66. The first-order chi connectivity index (χ1) is 9.11. The fourth-order valence-corrected chi connectivity index (χ4v) is 3.10. The van der Waals surface area contributed by atoms with Gasteiger partial charge in [-0.25, -0.2) is 0 Å². The summed E-state index contributed by atoms with van der Waals surface area (Å²) in [7, 11) is 0. The number of aliphatic hydroxyl groups excluding tert-OH is 1. The van der Waals surface area contributed by atoms with Crippen molar-refractivity contribution in [1.82, 2.24) is 0 Å². The topological polar surface area (TPSA) is 58.7 Å². The van der Waals surface area contributed by atoms with E-state index in [9.17, 15) is 0 Å². The fraction of sp³-hybridized carbons (Fsp3) is 0.538. The van der Waals surface area contributed by atoms with Gasteiger partial charge >= 0.3 is 0 Å². The molecule has 6 heteroatoms. The van der Waals surface area contributed by atoms with E-state index in [1.54, 1.807) is 12.1 Å². The van der Waals surface area contributed by atoms with Gasteiger partial charge in [0.25, 0.3) is 0 Å². The molecule has 4 nitrogen and oxygen atoms in total. The lowest BCUT2D eigenvalue weighted by Crippen LogP contribution is -2.37. The van der Waals surface area contributed by atoms with Gasteiger partial charge in [-0.2, -0.15) is 0 Å². The monoisotopic (exact) mass is 304 g/mol. The number of nitrogens with two attached hydrogens (primary N) is 1. The third kappa shape index (κ3) is 3.66. The number of anilines is 2. The van der Waals surface area contributed by atoms with E-state index in [0.717, 1.165) is 31.6 Å². The molecule has 0 saturated carbocycles. The number of nitrogens with zero attached hydrogens (tertiary/aromatic N) is 1. The number of aliphatic hydroxyl groups is 1. The number of hydrogen-bond donors (Lipinski definition) is 2. The van der Waals surface area contributed by atoms with Crippen molar-refractivity contribution in [3.8, 4) is 0 Å². The molecule has 0 spiro atoms. The van der Waals surface area contributed by atoms with Gasteiger partial charge < -0.3 is 20.5 Å². The highest BCUT2D eigenvalue weighted by atomic mass is 35.5. The van der Waals surface area contributed by atoms with Gasteiger partial charge in [0, 0.05) is 18.8 Å². The van der Waals surface area contributed by atoms with Crippen LogP contribution in [-0.2, 0) is 4.74 Å². The first-order valence-corrected chi connectivity index (χ1v) is 7.09. The number of benzene rings is 1. The Bertz CT molecular complexity index is 412. The SMILES string of the molecule is Nc1cc(Cl)c(N2CCC(OCCO)CC2)c(Cl)c1. The maximum Gasteiger partial charge on any atom is 0.0746 e. The molecule has 1 fully saturated rings. The molecule has 0 aromatic heterocycles. The van der Waals surface area contributed by atoms with Gasteiger partial charge in [0.1, 0.15) is 0 Å². The number of nitrogen functional groups attached to an aromatic ring is 1. The molecule has 1 aromatic carbocycles. The summed E-state index contributed by atoms with van der Waals surface area (Å²) >= 11 is 12.4. The molecule has 106 valence electrons. The summed E-state index contributed by atoms with van der Waals surface area (Å²) in [6.45, 7) is 2.13. The van der Waals surface area contributed by atoms with E-state index >= 15 is 0 Å². The lowest BCUT2D eigenvalue weighted by molar-refractivity contribution is 0.0159. The van der Waals surface area contributed by atoms with Crippen molar-refractivity contribution in [3.05, 3.63) is 22.2 Å². The van der Waals surface area contributed by atoms with E-state index in [2.05, 4.69) is 4.90 Å². The standard InChI is InChI=1S/C13H18Cl2N2O2/c14-11-7-9(16)8-12(15)13(11)17-3-1-10(2-4-17)19-6-5-18/h7-8,10,18H,1-6,16H2. The van der Waals surface area contributed by atoms with Crippen LogP contribution in [0.5, 0.6) is 0 Å². The van der Waals surface area contributed by atoms with Crippen LogP contribution in [0.3, 0.4) is 0 Å². The van der Waals surface area contributed by atoms with E-state index in [4.69, 9.17) is 38.8 Å². The summed E-state index contributed by atoms with van der Waals surface area (Å²) < 4.78 is 5.53. The quantitative estimate of drug-likeness (QED) is 0.839. The van der Waals surface area contributed by atoms with Gasteiger partial charge in [-0.05, 0) is 25.0 Å². The zero-order valence-corrected chi connectivity index (χ0v) is 12.1. The summed E-state index contributed by atoms with van der Waals surface area (Å²) in [4.78, 5) is 2.16. The second-order valence-electron chi connectivity index (χ2n) is 4.61. The zero-order valence-electron chi connectivity index (χ0n) is 10.6. The average Bonchev–Trinajstić information content (AvgIpc) is 2.36. The normalized spacial score (nSPS) is 16.9. The third-order valence-electron chi connectivity index (χ3n) is 3.24. The molecule has 19 heavy (non-hydrogen) atoms. The Morgan fingerprint density at radius 1 is 1.26 bits per heavy atom. The number of piperidine rings is 1. The smallest absolute Gasteiger partial charge is 0.0746 e. The summed E-state index contributed by atoms with van der Waals surface area (Å²) in [5.41, 5.74) is 7.12. The molecule has 0 bridgehead atoms. The molecule has 1 saturated heterocycles. The summed E-state index contributed by atoms with van der Waals surface area (Å²) in [6.07, 6.45) is 2.00. The van der Waals surface area contributed by atoms with Crippen molar-refractivity contribution < 1.29 is 9.84 Å². The van der Waals surface area contributed by atoms with Gasteiger partial charge in [0.15, 0.2) is 0 Å². The fourth-order valence-electron chi connectivity index (χ4n) is 2.35. The third-order valence-corrected chi connectivity index (χ3v) is 3.82. The van der Waals surface area contributed by atoms with Gasteiger partial charge in [0.05, 0.1) is 35.1 Å². The molecule has 0 aliphatic carbocycles. The van der Waals surface area contributed by atoms with Crippen molar-refractivity contribution in [3.63, 3.8) is 0 Å². The van der Waals surface area contributed by atoms with Crippen LogP contribution >= 0.6 is 23.2 Å². The van der Waals surface area contributed by atoms with Crippen LogP contribution in [0.25, 0.3) is 0 Å². The molecule has 1 heterocycles. The van der Waals surface area contributed by atoms with Crippen LogP contribution in [0.1, 0.15) is 12.8 Å². The lowest BCUT2D eigenvalue weighted by atomic mass is 10.1. The largest absolute Gasteiger partial charge is 0.399 e. The second-order valence-corrected chi connectivity index (χ2v) is 5.43. The molecule has 0 unspecified atom stereocenters. The highest BCUT2D eigenvalue weighted by Crippen LogP contribution is 2.37. The molecule has 1 aromatic rings. The maximum atomic E-state index is 8.74. The minimum absolute atomic E-state index is 0.0653. The van der Waals surface area contributed by atoms with E-state index in [-0.39, 0.29) is 12.7 Å². The number of hydrogen-bond acceptors (Lipinski definition) is 4. The molecule has 2 rings (SSSR count). The van der Waals surface area contributed by atoms with Gasteiger partial charge in [-0.3, -0.25) is 0 Å². The Balaban J connectivity index is 2.02. The van der Waals surface area contributed by atoms with Crippen LogP contribution in [0, 0.1) is 0 Å². The van der Waals surface area contributed by atoms with E-state index in [1.807, 2.05) is 0 Å². The van der Waals surface area contributed by atoms with E-state index < -0.39 is 0 Å². The van der Waals surface area contributed by atoms with Gasteiger partial charge in [-0.1, -0.05) is 23.2 Å². The number of rotatable bonds is 4. The van der Waals surface area contributed by atoms with Crippen LogP contribution in [-0.4, -0.2) is 37.5 Å². The number of ether oxygens (including phenoxy) is 1. The van der Waals surface area contributed by atoms with Crippen molar-refractivity contribution >= 4 is 34.6 Å². The number of halogens is 2. The summed E-state index contributed by atoms with van der Waals surface area (Å²) in [5.74, 6) is 0. The van der Waals surface area contributed by atoms with Crippen molar-refractivity contribution in [2.24, 2.45) is 0 Å². The molecule has 0 atom stereocenters. The highest BCUT2D eigenvalue weighted by molar-refractivity contribution is 6.39. The van der Waals surface area contributed by atoms with Crippen molar-refractivity contribution in [1.29, 1.82) is 0 Å². The predicted molar refractivity (Wildman–Crippen MR) is 79.1 cm³/mol. The molecule has 0 amide bonds. The Morgan fingerprint density at radius 2 is 1.84 bits per heavy atom. The zero-order chi connectivity index (χ0) is 13.8. The van der Waals surface area contributed by atoms with Gasteiger partial charge in [-0.15, -0.1) is 0 Å². The van der Waals surface area contributed by atoms with E-state index in [1.165, 1.54) is 0 Å². The molecule has 1 aliphatic heterocycles. The summed E-state index contributed by atoms with van der Waals surface area (Å²) in [5, 5.41) is 9.91. The molecule has 0 radical (unpaired) electrons.